The van der Waals surface area contributed by atoms with E-state index in [2.05, 4.69) is 9.97 Å². The molecule has 0 fully saturated rings. The lowest BCUT2D eigenvalue weighted by molar-refractivity contribution is 1.25. The molecule has 0 aliphatic carbocycles. The van der Waals surface area contributed by atoms with E-state index in [1.165, 1.54) is 0 Å². The van der Waals surface area contributed by atoms with E-state index in [-0.39, 0.29) is 0 Å². The highest BCUT2D eigenvalue weighted by Crippen LogP contribution is 2.21. The molecular weight excluding hydrogens is 212 g/mol. The first kappa shape index (κ1) is 9.73. The second-order valence-electron chi connectivity index (χ2n) is 3.08. The summed E-state index contributed by atoms with van der Waals surface area (Å²) in [4.78, 5) is 8.25. The van der Waals surface area contributed by atoms with Crippen molar-refractivity contribution in [2.45, 2.75) is 0 Å². The maximum absolute atomic E-state index is 5.79. The minimum atomic E-state index is 0.342. The van der Waals surface area contributed by atoms with Crippen LogP contribution in [0.15, 0.2) is 30.5 Å². The van der Waals surface area contributed by atoms with E-state index in [9.17, 15) is 0 Å². The van der Waals surface area contributed by atoms with E-state index in [0.717, 1.165) is 0 Å². The molecule has 0 atom stereocenters. The lowest BCUT2D eigenvalue weighted by Crippen LogP contribution is -1.93. The van der Waals surface area contributed by atoms with Crippen molar-refractivity contribution in [1.29, 1.82) is 0 Å². The molecule has 0 radical (unpaired) electrons. The molecule has 2 aromatic heterocycles. The average Bonchev–Trinajstić information content (AvgIpc) is 2.16. The van der Waals surface area contributed by atoms with Crippen LogP contribution in [0.25, 0.3) is 11.4 Å². The summed E-state index contributed by atoms with van der Waals surface area (Å²) in [6, 6.07) is 6.71. The summed E-state index contributed by atoms with van der Waals surface area (Å²) in [6.07, 6.45) is 1.61. The lowest BCUT2D eigenvalue weighted by atomic mass is 10.2. The van der Waals surface area contributed by atoms with Crippen molar-refractivity contribution in [1.82, 2.24) is 9.97 Å². The van der Waals surface area contributed by atoms with Gasteiger partial charge in [0.2, 0.25) is 0 Å². The quantitative estimate of drug-likeness (QED) is 0.721. The zero-order chi connectivity index (χ0) is 10.8. The molecule has 0 aliphatic rings. The number of nitrogens with two attached hydrogens (primary N) is 2. The van der Waals surface area contributed by atoms with Crippen LogP contribution in [-0.4, -0.2) is 9.97 Å². The highest BCUT2D eigenvalue weighted by Gasteiger charge is 2.03. The van der Waals surface area contributed by atoms with Gasteiger partial charge < -0.3 is 11.5 Å². The van der Waals surface area contributed by atoms with Gasteiger partial charge in [-0.15, -0.1) is 0 Å². The first-order valence-corrected chi connectivity index (χ1v) is 4.68. The maximum atomic E-state index is 5.79. The summed E-state index contributed by atoms with van der Waals surface area (Å²) < 4.78 is 0. The predicted molar refractivity (Wildman–Crippen MR) is 61.3 cm³/mol. The van der Waals surface area contributed by atoms with Gasteiger partial charge in [0.25, 0.3) is 0 Å². The molecular formula is C10H9ClN4. The summed E-state index contributed by atoms with van der Waals surface area (Å²) in [6.45, 7) is 0. The van der Waals surface area contributed by atoms with Crippen molar-refractivity contribution in [2.24, 2.45) is 0 Å². The Morgan fingerprint density at radius 3 is 2.40 bits per heavy atom. The molecule has 5 heteroatoms. The fourth-order valence-electron chi connectivity index (χ4n) is 1.23. The fourth-order valence-corrected chi connectivity index (χ4v) is 1.45. The summed E-state index contributed by atoms with van der Waals surface area (Å²) in [5.74, 6) is 0. The Labute approximate surface area is 91.9 Å². The molecule has 4 nitrogen and oxygen atoms in total. The summed E-state index contributed by atoms with van der Waals surface area (Å²) in [5.41, 5.74) is 13.7. The van der Waals surface area contributed by atoms with E-state index in [0.29, 0.717) is 27.9 Å². The number of hydrogen-bond acceptors (Lipinski definition) is 4. The Morgan fingerprint density at radius 1 is 1.00 bits per heavy atom. The fraction of sp³-hybridized carbons (Fsp3) is 0. The molecule has 0 bridgehead atoms. The smallest absolute Gasteiger partial charge is 0.131 e. The van der Waals surface area contributed by atoms with E-state index in [4.69, 9.17) is 23.1 Å². The van der Waals surface area contributed by atoms with Crippen molar-refractivity contribution in [3.05, 3.63) is 35.6 Å². The van der Waals surface area contributed by atoms with Gasteiger partial charge in [0.15, 0.2) is 0 Å². The minimum Gasteiger partial charge on any atom is -0.399 e. The number of halogens is 1. The van der Waals surface area contributed by atoms with Crippen LogP contribution in [0.4, 0.5) is 11.4 Å². The second-order valence-corrected chi connectivity index (χ2v) is 3.47. The van der Waals surface area contributed by atoms with E-state index < -0.39 is 0 Å². The van der Waals surface area contributed by atoms with Crippen LogP contribution in [0, 0.1) is 0 Å². The third kappa shape index (κ3) is 2.16. The molecule has 0 saturated carbocycles. The monoisotopic (exact) mass is 220 g/mol. The van der Waals surface area contributed by atoms with Gasteiger partial charge in [0.1, 0.15) is 5.15 Å². The van der Waals surface area contributed by atoms with Crippen LogP contribution in [0.5, 0.6) is 0 Å². The molecule has 76 valence electrons. The Balaban J connectivity index is 2.54. The van der Waals surface area contributed by atoms with Gasteiger partial charge in [-0.25, -0.2) is 4.98 Å². The molecule has 0 saturated heterocycles. The van der Waals surface area contributed by atoms with Crippen molar-refractivity contribution in [2.75, 3.05) is 11.5 Å². The van der Waals surface area contributed by atoms with Crippen molar-refractivity contribution < 1.29 is 0 Å². The molecule has 2 rings (SSSR count). The molecule has 2 heterocycles. The van der Waals surface area contributed by atoms with Crippen LogP contribution in [0.2, 0.25) is 5.15 Å². The van der Waals surface area contributed by atoms with Crippen LogP contribution in [0.3, 0.4) is 0 Å². The van der Waals surface area contributed by atoms with Crippen molar-refractivity contribution in [3.63, 3.8) is 0 Å². The third-order valence-electron chi connectivity index (χ3n) is 1.86. The van der Waals surface area contributed by atoms with E-state index in [1.54, 1.807) is 30.5 Å². The topological polar surface area (TPSA) is 77.8 Å². The standard InChI is InChI=1S/C10H9ClN4/c11-10-5-7(13)4-9(15-10)8-3-6(12)1-2-14-8/h1-5H,(H2,12,14)(H2,13,15). The van der Waals surface area contributed by atoms with Crippen LogP contribution in [-0.2, 0) is 0 Å². The Bertz CT molecular complexity index is 478. The first-order valence-electron chi connectivity index (χ1n) is 4.30. The summed E-state index contributed by atoms with van der Waals surface area (Å²) in [7, 11) is 0. The van der Waals surface area contributed by atoms with Gasteiger partial charge >= 0.3 is 0 Å². The molecule has 0 spiro atoms. The third-order valence-corrected chi connectivity index (χ3v) is 2.06. The van der Waals surface area contributed by atoms with Crippen LogP contribution in [0.1, 0.15) is 0 Å². The molecule has 2 aromatic rings. The highest BCUT2D eigenvalue weighted by molar-refractivity contribution is 6.29. The highest BCUT2D eigenvalue weighted by atomic mass is 35.5. The zero-order valence-corrected chi connectivity index (χ0v) is 8.57. The molecule has 0 aliphatic heterocycles. The van der Waals surface area contributed by atoms with Crippen LogP contribution >= 0.6 is 11.6 Å². The number of nitrogen functional groups attached to an aromatic ring is 2. The number of pyridine rings is 2. The summed E-state index contributed by atoms with van der Waals surface area (Å²) in [5, 5.41) is 0.342. The van der Waals surface area contributed by atoms with Crippen LogP contribution < -0.4 is 11.5 Å². The number of nitrogens with zero attached hydrogens (tertiary/aromatic N) is 2. The minimum absolute atomic E-state index is 0.342. The van der Waals surface area contributed by atoms with Gasteiger partial charge in [-0.05, 0) is 24.3 Å². The molecule has 4 N–H and O–H groups in total. The first-order chi connectivity index (χ1) is 7.15. The van der Waals surface area contributed by atoms with E-state index >= 15 is 0 Å². The number of anilines is 2. The van der Waals surface area contributed by atoms with Gasteiger partial charge in [0, 0.05) is 17.6 Å². The molecule has 0 amide bonds. The average molecular weight is 221 g/mol. The predicted octanol–water partition coefficient (Wildman–Crippen LogP) is 1.96. The number of hydrogen-bond donors (Lipinski definition) is 2. The molecule has 0 aromatic carbocycles. The van der Waals surface area contributed by atoms with Gasteiger partial charge in [-0.1, -0.05) is 11.6 Å². The molecule has 0 unspecified atom stereocenters. The zero-order valence-electron chi connectivity index (χ0n) is 7.81. The number of aromatic nitrogens is 2. The van der Waals surface area contributed by atoms with Gasteiger partial charge in [0.05, 0.1) is 11.4 Å². The van der Waals surface area contributed by atoms with E-state index in [1.807, 2.05) is 0 Å². The summed E-state index contributed by atoms with van der Waals surface area (Å²) >= 11 is 5.79. The largest absolute Gasteiger partial charge is 0.399 e. The molecule has 15 heavy (non-hydrogen) atoms. The SMILES string of the molecule is Nc1ccnc(-c2cc(N)cc(Cl)n2)c1. The normalized spacial score (nSPS) is 10.2. The Kier molecular flexibility index (Phi) is 2.43. The Hall–Kier alpha value is -1.81. The number of rotatable bonds is 1. The van der Waals surface area contributed by atoms with Crippen molar-refractivity contribution in [3.8, 4) is 11.4 Å². The second kappa shape index (κ2) is 3.74. The Morgan fingerprint density at radius 2 is 1.73 bits per heavy atom. The van der Waals surface area contributed by atoms with Crippen molar-refractivity contribution >= 4 is 23.0 Å². The van der Waals surface area contributed by atoms with Gasteiger partial charge in [-0.2, -0.15) is 0 Å². The maximum Gasteiger partial charge on any atom is 0.131 e. The van der Waals surface area contributed by atoms with Gasteiger partial charge in [-0.3, -0.25) is 4.98 Å². The lowest BCUT2D eigenvalue weighted by Gasteiger charge is -2.02.